The number of rotatable bonds is 2. The molecule has 0 unspecified atom stereocenters. The van der Waals surface area contributed by atoms with Crippen molar-refractivity contribution in [3.05, 3.63) is 23.8 Å². The van der Waals surface area contributed by atoms with Crippen LogP contribution >= 0.6 is 0 Å². The quantitative estimate of drug-likeness (QED) is 0.788. The van der Waals surface area contributed by atoms with Gasteiger partial charge in [-0.25, -0.2) is 0 Å². The van der Waals surface area contributed by atoms with E-state index in [2.05, 4.69) is 6.07 Å². The van der Waals surface area contributed by atoms with Crippen molar-refractivity contribution in [1.29, 1.82) is 0 Å². The number of hydrogen-bond acceptors (Lipinski definition) is 3. The summed E-state index contributed by atoms with van der Waals surface area (Å²) in [5, 5.41) is 0. The number of hydrogen-bond donors (Lipinski definition) is 0. The van der Waals surface area contributed by atoms with Crippen LogP contribution in [-0.2, 0) is 14.1 Å². The molecule has 1 aromatic carbocycles. The van der Waals surface area contributed by atoms with E-state index in [1.54, 1.807) is 0 Å². The zero-order valence-corrected chi connectivity index (χ0v) is 14.1. The fraction of sp³-hybridized carbons (Fsp3) is 0.588. The van der Waals surface area contributed by atoms with E-state index in [1.807, 2.05) is 51.7 Å². The second-order valence-electron chi connectivity index (χ2n) is 7.30. The van der Waals surface area contributed by atoms with Crippen molar-refractivity contribution in [3.63, 3.8) is 0 Å². The van der Waals surface area contributed by atoms with Gasteiger partial charge in [0.05, 0.1) is 11.2 Å². The van der Waals surface area contributed by atoms with Crippen LogP contribution in [0.2, 0.25) is 0 Å². The van der Waals surface area contributed by atoms with Gasteiger partial charge in [-0.05, 0) is 52.7 Å². The van der Waals surface area contributed by atoms with Crippen LogP contribution in [0.1, 0.15) is 46.1 Å². The summed E-state index contributed by atoms with van der Waals surface area (Å²) in [7, 11) is -0.436. The highest BCUT2D eigenvalue weighted by atomic mass is 16.7. The molecular weight excluding hydrogens is 277 g/mol. The molecule has 3 rings (SSSR count). The molecule has 0 atom stereocenters. The van der Waals surface area contributed by atoms with Gasteiger partial charge < -0.3 is 14.2 Å². The first-order valence-corrected chi connectivity index (χ1v) is 7.98. The Hall–Kier alpha value is -1.33. The molecule has 0 aliphatic carbocycles. The van der Waals surface area contributed by atoms with E-state index in [1.165, 1.54) is 0 Å². The lowest BCUT2D eigenvalue weighted by atomic mass is 9.77. The molecule has 4 nitrogen and oxygen atoms in total. The Morgan fingerprint density at radius 3 is 2.32 bits per heavy atom. The summed E-state index contributed by atoms with van der Waals surface area (Å²) >= 11 is 0. The van der Waals surface area contributed by atoms with Gasteiger partial charge in [-0.15, -0.1) is 0 Å². The summed E-state index contributed by atoms with van der Waals surface area (Å²) < 4.78 is 12.3. The average molecular weight is 301 g/mol. The number of carbonyl (C=O) groups excluding carboxylic acids is 1. The predicted molar refractivity (Wildman–Crippen MR) is 88.5 cm³/mol. The van der Waals surface area contributed by atoms with Crippen LogP contribution in [0.4, 0.5) is 5.69 Å². The smallest absolute Gasteiger partial charge is 0.399 e. The Bertz CT molecular complexity index is 596. The molecule has 0 spiro atoms. The number of carbonyl (C=O) groups is 1. The molecule has 2 heterocycles. The minimum absolute atomic E-state index is 0.184. The van der Waals surface area contributed by atoms with E-state index in [0.29, 0.717) is 6.42 Å². The second kappa shape index (κ2) is 5.10. The standard InChI is InChI=1S/C17H24BNO3/c1-12-8-9-13(14(11-12)19-10-6-7-15(19)20)18-21-16(2,3)17(4,5)22-18/h8-9,11H,6-7,10H2,1-5H3. The van der Waals surface area contributed by atoms with E-state index in [0.717, 1.165) is 29.7 Å². The molecule has 1 aromatic rings. The zero-order valence-electron chi connectivity index (χ0n) is 14.1. The van der Waals surface area contributed by atoms with Crippen molar-refractivity contribution in [1.82, 2.24) is 0 Å². The van der Waals surface area contributed by atoms with E-state index in [4.69, 9.17) is 9.31 Å². The van der Waals surface area contributed by atoms with Gasteiger partial charge in [-0.3, -0.25) is 4.79 Å². The topological polar surface area (TPSA) is 38.8 Å². The van der Waals surface area contributed by atoms with Crippen molar-refractivity contribution in [2.75, 3.05) is 11.4 Å². The predicted octanol–water partition coefficient (Wildman–Crippen LogP) is 2.42. The fourth-order valence-electron chi connectivity index (χ4n) is 2.96. The van der Waals surface area contributed by atoms with Crippen molar-refractivity contribution < 1.29 is 14.1 Å². The van der Waals surface area contributed by atoms with Gasteiger partial charge in [-0.1, -0.05) is 12.1 Å². The molecule has 0 radical (unpaired) electrons. The number of amides is 1. The van der Waals surface area contributed by atoms with Crippen molar-refractivity contribution in [2.24, 2.45) is 0 Å². The largest absolute Gasteiger partial charge is 0.496 e. The molecule has 0 bridgehead atoms. The van der Waals surface area contributed by atoms with Crippen LogP contribution in [0.5, 0.6) is 0 Å². The van der Waals surface area contributed by atoms with Gasteiger partial charge in [0.2, 0.25) is 5.91 Å². The van der Waals surface area contributed by atoms with Crippen LogP contribution in [0, 0.1) is 6.92 Å². The van der Waals surface area contributed by atoms with Crippen molar-refractivity contribution >= 4 is 24.2 Å². The zero-order chi connectivity index (χ0) is 16.1. The van der Waals surface area contributed by atoms with Crippen LogP contribution in [-0.4, -0.2) is 30.8 Å². The Kier molecular flexibility index (Phi) is 3.61. The van der Waals surface area contributed by atoms with Gasteiger partial charge in [0.15, 0.2) is 0 Å². The number of benzene rings is 1. The number of aryl methyl sites for hydroxylation is 1. The Labute approximate surface area is 132 Å². The highest BCUT2D eigenvalue weighted by Crippen LogP contribution is 2.37. The molecule has 2 aliphatic rings. The fourth-order valence-corrected chi connectivity index (χ4v) is 2.96. The lowest BCUT2D eigenvalue weighted by Gasteiger charge is -2.32. The molecule has 0 N–H and O–H groups in total. The molecule has 22 heavy (non-hydrogen) atoms. The minimum atomic E-state index is -0.436. The maximum absolute atomic E-state index is 12.2. The number of nitrogens with zero attached hydrogens (tertiary/aromatic N) is 1. The summed E-state index contributed by atoms with van der Waals surface area (Å²) in [6.07, 6.45) is 1.53. The maximum Gasteiger partial charge on any atom is 0.496 e. The lowest BCUT2D eigenvalue weighted by Crippen LogP contribution is -2.41. The SMILES string of the molecule is Cc1ccc(B2OC(C)(C)C(C)(C)O2)c(N2CCCC2=O)c1. The van der Waals surface area contributed by atoms with Gasteiger partial charge >= 0.3 is 7.12 Å². The first kappa shape index (κ1) is 15.6. The van der Waals surface area contributed by atoms with Crippen LogP contribution in [0.15, 0.2) is 18.2 Å². The summed E-state index contributed by atoms with van der Waals surface area (Å²) in [6, 6.07) is 6.13. The molecule has 2 aliphatic heterocycles. The maximum atomic E-state index is 12.2. The van der Waals surface area contributed by atoms with Crippen molar-refractivity contribution in [3.8, 4) is 0 Å². The van der Waals surface area contributed by atoms with Gasteiger partial charge in [-0.2, -0.15) is 0 Å². The highest BCUT2D eigenvalue weighted by Gasteiger charge is 2.52. The van der Waals surface area contributed by atoms with E-state index >= 15 is 0 Å². The molecule has 2 fully saturated rings. The first-order valence-electron chi connectivity index (χ1n) is 7.98. The average Bonchev–Trinajstić information content (AvgIpc) is 2.91. The molecule has 0 saturated carbocycles. The Balaban J connectivity index is 2.00. The third kappa shape index (κ3) is 2.46. The molecule has 0 aromatic heterocycles. The normalized spacial score (nSPS) is 23.4. The van der Waals surface area contributed by atoms with Gasteiger partial charge in [0.25, 0.3) is 0 Å². The summed E-state index contributed by atoms with van der Waals surface area (Å²) in [4.78, 5) is 14.0. The molecule has 118 valence electrons. The summed E-state index contributed by atoms with van der Waals surface area (Å²) in [5.74, 6) is 0.184. The highest BCUT2D eigenvalue weighted by molar-refractivity contribution is 6.64. The second-order valence-corrected chi connectivity index (χ2v) is 7.30. The molecule has 5 heteroatoms. The summed E-state index contributed by atoms with van der Waals surface area (Å²) in [6.45, 7) is 11.0. The number of anilines is 1. The summed E-state index contributed by atoms with van der Waals surface area (Å²) in [5.41, 5.74) is 2.25. The third-order valence-corrected chi connectivity index (χ3v) is 5.06. The van der Waals surface area contributed by atoms with Gasteiger partial charge in [0.1, 0.15) is 0 Å². The Morgan fingerprint density at radius 1 is 1.14 bits per heavy atom. The van der Waals surface area contributed by atoms with E-state index in [-0.39, 0.29) is 17.1 Å². The van der Waals surface area contributed by atoms with Crippen LogP contribution in [0.3, 0.4) is 0 Å². The Morgan fingerprint density at radius 2 is 1.77 bits per heavy atom. The molecule has 1 amide bonds. The van der Waals surface area contributed by atoms with E-state index < -0.39 is 7.12 Å². The van der Waals surface area contributed by atoms with Gasteiger partial charge in [0, 0.05) is 24.1 Å². The lowest BCUT2D eigenvalue weighted by molar-refractivity contribution is -0.117. The third-order valence-electron chi connectivity index (χ3n) is 5.06. The molecule has 2 saturated heterocycles. The first-order chi connectivity index (χ1) is 10.2. The molecular formula is C17H24BNO3. The van der Waals surface area contributed by atoms with Crippen LogP contribution < -0.4 is 10.4 Å². The van der Waals surface area contributed by atoms with Crippen LogP contribution in [0.25, 0.3) is 0 Å². The van der Waals surface area contributed by atoms with E-state index in [9.17, 15) is 4.79 Å². The minimum Gasteiger partial charge on any atom is -0.399 e. The monoisotopic (exact) mass is 301 g/mol. The van der Waals surface area contributed by atoms with Crippen molar-refractivity contribution in [2.45, 2.75) is 58.7 Å².